The van der Waals surface area contributed by atoms with Crippen LogP contribution in [0, 0.1) is 27.7 Å². The molecule has 0 amide bonds. The van der Waals surface area contributed by atoms with Crippen molar-refractivity contribution in [2.45, 2.75) is 27.7 Å². The highest BCUT2D eigenvalue weighted by molar-refractivity contribution is 6.04. The molecule has 0 spiro atoms. The zero-order valence-electron chi connectivity index (χ0n) is 25.2. The number of nitrogens with zero attached hydrogens (tertiary/aromatic N) is 2. The number of hydrogen-bond donors (Lipinski definition) is 2. The number of fused-ring (bicyclic) bond motifs is 3. The number of phenols is 2. The quantitative estimate of drug-likeness (QED) is 0.206. The van der Waals surface area contributed by atoms with Gasteiger partial charge in [-0.15, -0.1) is 0 Å². The first-order valence-electron chi connectivity index (χ1n) is 14.8. The van der Waals surface area contributed by atoms with Crippen LogP contribution in [0.5, 0.6) is 11.5 Å². The predicted molar refractivity (Wildman–Crippen MR) is 181 cm³/mol. The summed E-state index contributed by atoms with van der Waals surface area (Å²) in [6, 6.07) is 36.3. The molecule has 0 unspecified atom stereocenters. The van der Waals surface area contributed by atoms with Gasteiger partial charge >= 0.3 is 0 Å². The molecular weight excluding hydrogens is 540 g/mol. The third-order valence-corrected chi connectivity index (χ3v) is 8.31. The van der Waals surface area contributed by atoms with Crippen molar-refractivity contribution in [1.82, 2.24) is 9.97 Å². The van der Waals surface area contributed by atoms with E-state index in [-0.39, 0.29) is 11.5 Å². The molecule has 0 aliphatic carbocycles. The Hall–Kier alpha value is -5.48. The van der Waals surface area contributed by atoms with E-state index in [1.165, 1.54) is 11.1 Å². The monoisotopic (exact) mass is 572 g/mol. The minimum Gasteiger partial charge on any atom is -0.507 e. The van der Waals surface area contributed by atoms with Crippen molar-refractivity contribution in [3.05, 3.63) is 131 Å². The first-order chi connectivity index (χ1) is 21.2. The molecule has 7 aromatic rings. The van der Waals surface area contributed by atoms with Gasteiger partial charge in [0.25, 0.3) is 0 Å². The summed E-state index contributed by atoms with van der Waals surface area (Å²) in [5.74, 6) is 0.405. The van der Waals surface area contributed by atoms with Gasteiger partial charge in [-0.05, 0) is 86.3 Å². The van der Waals surface area contributed by atoms with Crippen molar-refractivity contribution in [2.24, 2.45) is 0 Å². The van der Waals surface area contributed by atoms with Crippen LogP contribution in [0.25, 0.3) is 66.6 Å². The van der Waals surface area contributed by atoms with Crippen molar-refractivity contribution in [3.8, 4) is 56.3 Å². The van der Waals surface area contributed by atoms with Crippen molar-refractivity contribution in [3.63, 3.8) is 0 Å². The number of hydrogen-bond acceptors (Lipinski definition) is 4. The molecule has 0 saturated carbocycles. The molecule has 0 radical (unpaired) electrons. The highest BCUT2D eigenvalue weighted by Crippen LogP contribution is 2.41. The average molecular weight is 573 g/mol. The third-order valence-electron chi connectivity index (χ3n) is 8.31. The van der Waals surface area contributed by atoms with Crippen LogP contribution in [-0.2, 0) is 0 Å². The van der Waals surface area contributed by atoms with Gasteiger partial charge in [0.1, 0.15) is 11.5 Å². The summed E-state index contributed by atoms with van der Waals surface area (Å²) in [4.78, 5) is 10.2. The minimum atomic E-state index is 0.202. The molecule has 2 aromatic heterocycles. The topological polar surface area (TPSA) is 66.2 Å². The van der Waals surface area contributed by atoms with Crippen molar-refractivity contribution in [1.29, 1.82) is 0 Å². The van der Waals surface area contributed by atoms with E-state index in [4.69, 9.17) is 9.97 Å². The average Bonchev–Trinajstić information content (AvgIpc) is 3.03. The molecule has 2 heterocycles. The summed E-state index contributed by atoms with van der Waals surface area (Å²) in [6.45, 7) is 8.17. The summed E-state index contributed by atoms with van der Waals surface area (Å²) < 4.78 is 0. The second-order valence-corrected chi connectivity index (χ2v) is 11.8. The zero-order chi connectivity index (χ0) is 30.5. The largest absolute Gasteiger partial charge is 0.507 e. The Balaban J connectivity index is 1.39. The van der Waals surface area contributed by atoms with Gasteiger partial charge in [0.2, 0.25) is 0 Å². The third kappa shape index (κ3) is 4.84. The molecule has 0 aliphatic rings. The SMILES string of the molecule is Cc1ccc(-c2cc(C)cc(-c3ccc4ccc5ccc(-c6cc(C)cc(-c7ccc(C)cc7)c6O)nc5c4n3)c2O)cc1. The highest BCUT2D eigenvalue weighted by atomic mass is 16.3. The van der Waals surface area contributed by atoms with E-state index >= 15 is 0 Å². The normalized spacial score (nSPS) is 11.4. The number of rotatable bonds is 4. The molecule has 2 N–H and O–H groups in total. The fourth-order valence-electron chi connectivity index (χ4n) is 5.92. The molecule has 5 aromatic carbocycles. The molecule has 0 bridgehead atoms. The Labute approximate surface area is 257 Å². The van der Waals surface area contributed by atoms with E-state index in [1.54, 1.807) is 0 Å². The van der Waals surface area contributed by atoms with Crippen molar-refractivity contribution >= 4 is 21.8 Å². The van der Waals surface area contributed by atoms with Gasteiger partial charge in [-0.1, -0.05) is 83.9 Å². The maximum Gasteiger partial charge on any atom is 0.132 e. The second kappa shape index (κ2) is 10.7. The van der Waals surface area contributed by atoms with E-state index < -0.39 is 0 Å². The standard InChI is InChI=1S/C40H32N2O2/c1-23-5-9-27(10-6-23)31-19-25(3)21-33(39(31)43)35-17-15-29-13-14-30-16-18-36(42-38(30)37(29)41-35)34-22-26(4)20-32(40(34)44)28-11-7-24(2)8-12-28/h5-22,43-44H,1-4H3. The van der Waals surface area contributed by atoms with Gasteiger partial charge in [0, 0.05) is 33.0 Å². The van der Waals surface area contributed by atoms with Crippen LogP contribution in [0.3, 0.4) is 0 Å². The fraction of sp³-hybridized carbons (Fsp3) is 0.100. The number of phenolic OH excluding ortho intramolecular Hbond substituents is 2. The number of pyridine rings is 2. The van der Waals surface area contributed by atoms with Crippen LogP contribution in [0.15, 0.2) is 109 Å². The maximum atomic E-state index is 11.5. The van der Waals surface area contributed by atoms with Gasteiger partial charge in [0.05, 0.1) is 22.4 Å². The van der Waals surface area contributed by atoms with Crippen LogP contribution in [0.1, 0.15) is 22.3 Å². The van der Waals surface area contributed by atoms with Gasteiger partial charge < -0.3 is 10.2 Å². The summed E-state index contributed by atoms with van der Waals surface area (Å²) in [6.07, 6.45) is 0. The molecule has 4 heteroatoms. The van der Waals surface area contributed by atoms with E-state index in [0.29, 0.717) is 22.5 Å². The second-order valence-electron chi connectivity index (χ2n) is 11.8. The maximum absolute atomic E-state index is 11.5. The van der Waals surface area contributed by atoms with E-state index in [9.17, 15) is 10.2 Å². The van der Waals surface area contributed by atoms with Crippen molar-refractivity contribution in [2.75, 3.05) is 0 Å². The number of aromatic hydroxyl groups is 2. The zero-order valence-corrected chi connectivity index (χ0v) is 25.2. The van der Waals surface area contributed by atoms with Gasteiger partial charge in [-0.3, -0.25) is 0 Å². The van der Waals surface area contributed by atoms with Crippen LogP contribution in [0.4, 0.5) is 0 Å². The lowest BCUT2D eigenvalue weighted by Crippen LogP contribution is -1.93. The van der Waals surface area contributed by atoms with Gasteiger partial charge in [-0.2, -0.15) is 0 Å². The molecule has 0 aliphatic heterocycles. The van der Waals surface area contributed by atoms with Gasteiger partial charge in [0.15, 0.2) is 0 Å². The Kier molecular flexibility index (Phi) is 6.63. The molecule has 0 fully saturated rings. The van der Waals surface area contributed by atoms with E-state index in [1.807, 2.05) is 98.8 Å². The van der Waals surface area contributed by atoms with Crippen LogP contribution in [0.2, 0.25) is 0 Å². The molecule has 0 saturated heterocycles. The van der Waals surface area contributed by atoms with Crippen molar-refractivity contribution < 1.29 is 10.2 Å². The number of benzene rings is 5. The number of aryl methyl sites for hydroxylation is 4. The fourth-order valence-corrected chi connectivity index (χ4v) is 5.92. The van der Waals surface area contributed by atoms with Crippen LogP contribution in [-0.4, -0.2) is 20.2 Å². The summed E-state index contributed by atoms with van der Waals surface area (Å²) >= 11 is 0. The van der Waals surface area contributed by atoms with E-state index in [2.05, 4.69) is 38.1 Å². The first-order valence-corrected chi connectivity index (χ1v) is 14.8. The summed E-state index contributed by atoms with van der Waals surface area (Å²) in [5, 5.41) is 24.9. The lowest BCUT2D eigenvalue weighted by molar-refractivity contribution is 0.478. The minimum absolute atomic E-state index is 0.202. The Bertz CT molecular complexity index is 2060. The Morgan fingerprint density at radius 3 is 1.11 bits per heavy atom. The highest BCUT2D eigenvalue weighted by Gasteiger charge is 2.17. The predicted octanol–water partition coefficient (Wildman–Crippen LogP) is 10.1. The Morgan fingerprint density at radius 1 is 0.386 bits per heavy atom. The lowest BCUT2D eigenvalue weighted by atomic mass is 9.95. The van der Waals surface area contributed by atoms with Crippen LogP contribution < -0.4 is 0 Å². The molecule has 44 heavy (non-hydrogen) atoms. The molecule has 4 nitrogen and oxygen atoms in total. The van der Waals surface area contributed by atoms with Gasteiger partial charge in [-0.25, -0.2) is 9.97 Å². The number of aromatic nitrogens is 2. The van der Waals surface area contributed by atoms with Crippen LogP contribution >= 0.6 is 0 Å². The molecular formula is C40H32N2O2. The summed E-state index contributed by atoms with van der Waals surface area (Å²) in [7, 11) is 0. The van der Waals surface area contributed by atoms with E-state index in [0.717, 1.165) is 55.2 Å². The lowest BCUT2D eigenvalue weighted by Gasteiger charge is -2.14. The molecule has 0 atom stereocenters. The Morgan fingerprint density at radius 2 is 0.727 bits per heavy atom. The smallest absolute Gasteiger partial charge is 0.132 e. The molecule has 7 rings (SSSR count). The first kappa shape index (κ1) is 27.4. The summed E-state index contributed by atoms with van der Waals surface area (Å²) in [5.41, 5.74) is 12.1. The molecule has 214 valence electrons.